The summed E-state index contributed by atoms with van der Waals surface area (Å²) in [5, 5.41) is 2.67. The Morgan fingerprint density at radius 1 is 1.30 bits per heavy atom. The first-order valence-corrected chi connectivity index (χ1v) is 8.51. The Kier molecular flexibility index (Phi) is 4.28. The molecule has 3 rings (SSSR count). The molecule has 0 saturated heterocycles. The first-order valence-electron chi connectivity index (χ1n) is 8.51. The Hall–Kier alpha value is -2.04. The van der Waals surface area contributed by atoms with E-state index in [4.69, 9.17) is 5.73 Å². The fourth-order valence-electron chi connectivity index (χ4n) is 3.66. The van der Waals surface area contributed by atoms with Crippen molar-refractivity contribution in [3.8, 4) is 0 Å². The minimum atomic E-state index is -0.738. The van der Waals surface area contributed by atoms with Crippen molar-refractivity contribution in [1.29, 1.82) is 0 Å². The Bertz CT molecular complexity index is 610. The van der Waals surface area contributed by atoms with E-state index in [1.54, 1.807) is 0 Å². The molecule has 1 fully saturated rings. The number of nitrogens with one attached hydrogen (secondary N) is 1. The van der Waals surface area contributed by atoms with Gasteiger partial charge in [-0.25, -0.2) is 4.79 Å². The molecular weight excluding hydrogens is 290 g/mol. The van der Waals surface area contributed by atoms with Crippen LogP contribution in [0.5, 0.6) is 0 Å². The lowest BCUT2D eigenvalue weighted by Crippen LogP contribution is -2.55. The third-order valence-corrected chi connectivity index (χ3v) is 5.01. The lowest BCUT2D eigenvalue weighted by atomic mass is 9.87. The van der Waals surface area contributed by atoms with Gasteiger partial charge in [-0.2, -0.15) is 0 Å². The summed E-state index contributed by atoms with van der Waals surface area (Å²) in [6.45, 7) is 2.81. The van der Waals surface area contributed by atoms with Crippen molar-refractivity contribution >= 4 is 11.9 Å². The lowest BCUT2D eigenvalue weighted by Gasteiger charge is -2.37. The van der Waals surface area contributed by atoms with Crippen molar-refractivity contribution in [2.75, 3.05) is 6.54 Å². The average Bonchev–Trinajstić information content (AvgIpc) is 3.31. The predicted octanol–water partition coefficient (Wildman–Crippen LogP) is 1.98. The molecule has 0 aromatic heterocycles. The van der Waals surface area contributed by atoms with Gasteiger partial charge in [0.1, 0.15) is 5.54 Å². The summed E-state index contributed by atoms with van der Waals surface area (Å²) in [6.07, 6.45) is 5.18. The maximum absolute atomic E-state index is 13.0. The molecule has 3 N–H and O–H groups in total. The zero-order valence-corrected chi connectivity index (χ0v) is 13.7. The number of primary amides is 1. The van der Waals surface area contributed by atoms with Gasteiger partial charge in [0.05, 0.1) is 0 Å². The van der Waals surface area contributed by atoms with Crippen LogP contribution in [0, 0.1) is 0 Å². The van der Waals surface area contributed by atoms with E-state index in [1.807, 2.05) is 4.90 Å². The second-order valence-corrected chi connectivity index (χ2v) is 6.74. The highest BCUT2D eigenvalue weighted by atomic mass is 16.2. The number of nitrogens with two attached hydrogens (primary N) is 1. The molecule has 0 radical (unpaired) electrons. The van der Waals surface area contributed by atoms with Crippen molar-refractivity contribution < 1.29 is 9.59 Å². The monoisotopic (exact) mass is 315 g/mol. The average molecular weight is 315 g/mol. The van der Waals surface area contributed by atoms with Gasteiger partial charge in [0, 0.05) is 12.6 Å². The minimum absolute atomic E-state index is 0.0440. The van der Waals surface area contributed by atoms with Gasteiger partial charge in [-0.15, -0.1) is 0 Å². The van der Waals surface area contributed by atoms with Gasteiger partial charge in [-0.3, -0.25) is 4.79 Å². The fraction of sp³-hybridized carbons (Fsp3) is 0.556. The number of hydrogen-bond donors (Lipinski definition) is 2. The van der Waals surface area contributed by atoms with E-state index >= 15 is 0 Å². The number of carbonyl (C=O) groups is 2. The zero-order chi connectivity index (χ0) is 16.4. The highest BCUT2D eigenvalue weighted by molar-refractivity contribution is 5.93. The smallest absolute Gasteiger partial charge is 0.313 e. The molecule has 0 spiro atoms. The van der Waals surface area contributed by atoms with Crippen molar-refractivity contribution in [2.24, 2.45) is 5.73 Å². The summed E-state index contributed by atoms with van der Waals surface area (Å²) in [5.41, 5.74) is 7.24. The summed E-state index contributed by atoms with van der Waals surface area (Å²) in [6, 6.07) is 8.07. The second-order valence-electron chi connectivity index (χ2n) is 6.74. The quantitative estimate of drug-likeness (QED) is 0.872. The molecule has 0 heterocycles. The van der Waals surface area contributed by atoms with Gasteiger partial charge in [-0.05, 0) is 49.7 Å². The maximum Gasteiger partial charge on any atom is 0.313 e. The summed E-state index contributed by atoms with van der Waals surface area (Å²) < 4.78 is 0. The number of amides is 3. The van der Waals surface area contributed by atoms with Crippen LogP contribution in [0.15, 0.2) is 24.3 Å². The summed E-state index contributed by atoms with van der Waals surface area (Å²) in [7, 11) is 0. The third-order valence-electron chi connectivity index (χ3n) is 5.01. The number of nitrogens with zero attached hydrogens (tertiary/aromatic N) is 1. The molecule has 2 aliphatic rings. The van der Waals surface area contributed by atoms with Crippen LogP contribution in [0.4, 0.5) is 4.79 Å². The van der Waals surface area contributed by atoms with E-state index in [0.717, 1.165) is 32.2 Å². The van der Waals surface area contributed by atoms with Gasteiger partial charge >= 0.3 is 6.03 Å². The molecule has 3 amide bonds. The van der Waals surface area contributed by atoms with Crippen LogP contribution in [0.25, 0.3) is 0 Å². The molecule has 0 bridgehead atoms. The van der Waals surface area contributed by atoms with E-state index in [0.29, 0.717) is 12.8 Å². The van der Waals surface area contributed by atoms with Gasteiger partial charge in [0.2, 0.25) is 5.91 Å². The number of rotatable bonds is 5. The van der Waals surface area contributed by atoms with E-state index in [1.165, 1.54) is 11.1 Å². The van der Waals surface area contributed by atoms with Gasteiger partial charge < -0.3 is 16.0 Å². The molecule has 0 aliphatic heterocycles. The van der Waals surface area contributed by atoms with E-state index in [2.05, 4.69) is 36.5 Å². The maximum atomic E-state index is 13.0. The fourth-order valence-corrected chi connectivity index (χ4v) is 3.66. The molecule has 23 heavy (non-hydrogen) atoms. The largest absolute Gasteiger partial charge is 0.352 e. The molecule has 1 aromatic carbocycles. The topological polar surface area (TPSA) is 75.4 Å². The van der Waals surface area contributed by atoms with Crippen LogP contribution < -0.4 is 11.1 Å². The van der Waals surface area contributed by atoms with Crippen LogP contribution in [-0.4, -0.2) is 35.0 Å². The predicted molar refractivity (Wildman–Crippen MR) is 88.9 cm³/mol. The standard InChI is InChI=1S/C18H25N3O2/c1-2-11-21(16(22)18(9-10-18)20-17(19)23)15-8-7-13-5-3-4-6-14(13)12-15/h3-6,15H,2,7-12H2,1H3,(H3,19,20,23). The molecule has 124 valence electrons. The van der Waals surface area contributed by atoms with Crippen LogP contribution in [0.2, 0.25) is 0 Å². The van der Waals surface area contributed by atoms with E-state index < -0.39 is 11.6 Å². The summed E-state index contributed by atoms with van der Waals surface area (Å²) >= 11 is 0. The number of aryl methyl sites for hydroxylation is 1. The number of hydrogen-bond acceptors (Lipinski definition) is 2. The highest BCUT2D eigenvalue weighted by Crippen LogP contribution is 2.38. The van der Waals surface area contributed by atoms with Crippen molar-refractivity contribution in [2.45, 2.75) is 57.0 Å². The lowest BCUT2D eigenvalue weighted by molar-refractivity contribution is -0.137. The van der Waals surface area contributed by atoms with Crippen molar-refractivity contribution in [1.82, 2.24) is 10.2 Å². The van der Waals surface area contributed by atoms with Crippen LogP contribution in [0.3, 0.4) is 0 Å². The van der Waals surface area contributed by atoms with Crippen molar-refractivity contribution in [3.05, 3.63) is 35.4 Å². The van der Waals surface area contributed by atoms with Gasteiger partial charge in [-0.1, -0.05) is 31.2 Å². The number of carbonyl (C=O) groups excluding carboxylic acids is 2. The molecule has 1 atom stereocenters. The zero-order valence-electron chi connectivity index (χ0n) is 13.7. The SMILES string of the molecule is CCCN(C(=O)C1(NC(N)=O)CC1)C1CCc2ccccc2C1. The number of fused-ring (bicyclic) bond motifs is 1. The summed E-state index contributed by atoms with van der Waals surface area (Å²) in [4.78, 5) is 26.2. The molecule has 2 aliphatic carbocycles. The van der Waals surface area contributed by atoms with Crippen LogP contribution >= 0.6 is 0 Å². The molecule has 5 heteroatoms. The third kappa shape index (κ3) is 3.19. The Labute approximate surface area is 137 Å². The first-order chi connectivity index (χ1) is 11.1. The second kappa shape index (κ2) is 6.22. The van der Waals surface area contributed by atoms with Crippen molar-refractivity contribution in [3.63, 3.8) is 0 Å². The van der Waals surface area contributed by atoms with Gasteiger partial charge in [0.25, 0.3) is 0 Å². The molecular formula is C18H25N3O2. The first kappa shape index (κ1) is 15.8. The van der Waals surface area contributed by atoms with Gasteiger partial charge in [0.15, 0.2) is 0 Å². The van der Waals surface area contributed by atoms with E-state index in [-0.39, 0.29) is 11.9 Å². The molecule has 1 saturated carbocycles. The Morgan fingerprint density at radius 2 is 2.00 bits per heavy atom. The van der Waals surface area contributed by atoms with Crippen LogP contribution in [-0.2, 0) is 17.6 Å². The minimum Gasteiger partial charge on any atom is -0.352 e. The molecule has 1 unspecified atom stereocenters. The highest BCUT2D eigenvalue weighted by Gasteiger charge is 2.53. The van der Waals surface area contributed by atoms with Crippen LogP contribution in [0.1, 0.15) is 43.7 Å². The number of urea groups is 1. The molecule has 5 nitrogen and oxygen atoms in total. The Balaban J connectivity index is 1.77. The number of benzene rings is 1. The van der Waals surface area contributed by atoms with E-state index in [9.17, 15) is 9.59 Å². The Morgan fingerprint density at radius 3 is 2.61 bits per heavy atom. The normalized spacial score (nSPS) is 21.2. The molecule has 1 aromatic rings. The summed E-state index contributed by atoms with van der Waals surface area (Å²) in [5.74, 6) is 0.0440.